The largest absolute Gasteiger partial charge is 0.361 e. The molecule has 0 aliphatic carbocycles. The quantitative estimate of drug-likeness (QED) is 0.752. The Hall–Kier alpha value is -2.25. The molecule has 1 N–H and O–H groups in total. The number of aromatic nitrogens is 3. The number of hydrogen-bond acceptors (Lipinski definition) is 6. The van der Waals surface area contributed by atoms with Crippen molar-refractivity contribution in [1.29, 1.82) is 0 Å². The highest BCUT2D eigenvalue weighted by molar-refractivity contribution is 7.09. The molecular formula is C16H15ClN4O2S. The van der Waals surface area contributed by atoms with Crippen molar-refractivity contribution in [3.63, 3.8) is 0 Å². The number of halogens is 1. The number of nitrogens with one attached hydrogen (secondary N) is 1. The Kier molecular flexibility index (Phi) is 4.64. The normalized spacial score (nSPS) is 12.2. The molecule has 0 aliphatic rings. The summed E-state index contributed by atoms with van der Waals surface area (Å²) in [6.07, 6.45) is 0. The Morgan fingerprint density at radius 2 is 2.08 bits per heavy atom. The number of carbonyl (C=O) groups excluding carboxylic acids is 1. The van der Waals surface area contributed by atoms with Gasteiger partial charge < -0.3 is 4.52 Å². The van der Waals surface area contributed by atoms with Gasteiger partial charge in [-0.15, -0.1) is 0 Å². The maximum Gasteiger partial charge on any atom is 0.241 e. The van der Waals surface area contributed by atoms with Crippen LogP contribution in [0.2, 0.25) is 5.02 Å². The molecule has 2 aromatic heterocycles. The van der Waals surface area contributed by atoms with Crippen LogP contribution in [0.25, 0.3) is 10.6 Å². The van der Waals surface area contributed by atoms with Crippen molar-refractivity contribution in [2.75, 3.05) is 5.32 Å². The fraction of sp³-hybridized carbons (Fsp3) is 0.250. The third kappa shape index (κ3) is 3.18. The Morgan fingerprint density at radius 3 is 2.75 bits per heavy atom. The fourth-order valence-electron chi connectivity index (χ4n) is 2.48. The summed E-state index contributed by atoms with van der Waals surface area (Å²) < 4.78 is 9.30. The molecule has 0 aliphatic heterocycles. The van der Waals surface area contributed by atoms with Crippen LogP contribution in [-0.4, -0.2) is 20.4 Å². The zero-order valence-corrected chi connectivity index (χ0v) is 14.9. The average molecular weight is 363 g/mol. The Bertz CT molecular complexity index is 870. The van der Waals surface area contributed by atoms with Gasteiger partial charge in [-0.25, -0.2) is 0 Å². The molecule has 24 heavy (non-hydrogen) atoms. The van der Waals surface area contributed by atoms with E-state index in [0.717, 1.165) is 11.1 Å². The van der Waals surface area contributed by atoms with Crippen molar-refractivity contribution in [2.24, 2.45) is 0 Å². The second-order valence-electron chi connectivity index (χ2n) is 5.35. The smallest absolute Gasteiger partial charge is 0.241 e. The van der Waals surface area contributed by atoms with Gasteiger partial charge in [-0.05, 0) is 38.4 Å². The van der Waals surface area contributed by atoms with Gasteiger partial charge >= 0.3 is 0 Å². The average Bonchev–Trinajstić information content (AvgIpc) is 3.14. The van der Waals surface area contributed by atoms with Gasteiger partial charge in [0.1, 0.15) is 10.8 Å². The molecule has 3 rings (SSSR count). The van der Waals surface area contributed by atoms with Crippen molar-refractivity contribution < 1.29 is 9.32 Å². The molecule has 1 unspecified atom stereocenters. The number of rotatable bonds is 4. The summed E-state index contributed by atoms with van der Waals surface area (Å²) in [6.45, 7) is 5.39. The van der Waals surface area contributed by atoms with Crippen LogP contribution in [0.15, 0.2) is 28.8 Å². The van der Waals surface area contributed by atoms with Gasteiger partial charge in [-0.3, -0.25) is 10.1 Å². The molecule has 2 heterocycles. The topological polar surface area (TPSA) is 80.9 Å². The van der Waals surface area contributed by atoms with Crippen LogP contribution in [-0.2, 0) is 4.79 Å². The van der Waals surface area contributed by atoms with Crippen molar-refractivity contribution in [1.82, 2.24) is 14.5 Å². The zero-order chi connectivity index (χ0) is 17.3. The summed E-state index contributed by atoms with van der Waals surface area (Å²) in [5, 5.41) is 7.86. The number of hydrogen-bond donors (Lipinski definition) is 1. The number of amides is 1. The number of carbonyl (C=O) groups is 1. The lowest BCUT2D eigenvalue weighted by atomic mass is 9.99. The second kappa shape index (κ2) is 6.70. The summed E-state index contributed by atoms with van der Waals surface area (Å²) in [5.41, 5.74) is 2.28. The third-order valence-corrected chi connectivity index (χ3v) is 4.76. The first-order valence-corrected chi connectivity index (χ1v) is 8.44. The Balaban J connectivity index is 1.78. The first kappa shape index (κ1) is 16.6. The van der Waals surface area contributed by atoms with E-state index >= 15 is 0 Å². The maximum absolute atomic E-state index is 12.4. The van der Waals surface area contributed by atoms with E-state index < -0.39 is 5.92 Å². The van der Waals surface area contributed by atoms with Crippen molar-refractivity contribution >= 4 is 35.0 Å². The van der Waals surface area contributed by atoms with Crippen molar-refractivity contribution in [3.05, 3.63) is 46.3 Å². The molecule has 0 spiro atoms. The molecule has 0 saturated heterocycles. The summed E-state index contributed by atoms with van der Waals surface area (Å²) in [5.74, 6) is 0.271. The highest BCUT2D eigenvalue weighted by Crippen LogP contribution is 2.30. The van der Waals surface area contributed by atoms with Crippen LogP contribution in [0, 0.1) is 13.8 Å². The molecule has 0 saturated carbocycles. The molecule has 124 valence electrons. The van der Waals surface area contributed by atoms with Gasteiger partial charge in [0.25, 0.3) is 0 Å². The van der Waals surface area contributed by atoms with E-state index in [2.05, 4.69) is 19.8 Å². The van der Waals surface area contributed by atoms with Crippen LogP contribution in [0.5, 0.6) is 0 Å². The predicted molar refractivity (Wildman–Crippen MR) is 93.4 cm³/mol. The number of aryl methyl sites for hydroxylation is 2. The molecule has 1 amide bonds. The third-order valence-electron chi connectivity index (χ3n) is 3.68. The minimum Gasteiger partial charge on any atom is -0.361 e. The lowest BCUT2D eigenvalue weighted by Crippen LogP contribution is -2.20. The molecular weight excluding hydrogens is 348 g/mol. The first-order chi connectivity index (χ1) is 11.5. The zero-order valence-electron chi connectivity index (χ0n) is 13.3. The van der Waals surface area contributed by atoms with E-state index in [1.165, 1.54) is 11.5 Å². The van der Waals surface area contributed by atoms with Gasteiger partial charge in [-0.1, -0.05) is 35.0 Å². The number of nitrogens with zero attached hydrogens (tertiary/aromatic N) is 3. The van der Waals surface area contributed by atoms with Crippen molar-refractivity contribution in [3.8, 4) is 10.6 Å². The minimum atomic E-state index is -0.413. The number of benzene rings is 1. The molecule has 8 heteroatoms. The lowest BCUT2D eigenvalue weighted by molar-refractivity contribution is -0.117. The van der Waals surface area contributed by atoms with Crippen LogP contribution in [0.3, 0.4) is 0 Å². The highest BCUT2D eigenvalue weighted by Gasteiger charge is 2.24. The van der Waals surface area contributed by atoms with E-state index in [1.54, 1.807) is 19.9 Å². The summed E-state index contributed by atoms with van der Waals surface area (Å²) in [7, 11) is 0. The first-order valence-electron chi connectivity index (χ1n) is 7.29. The van der Waals surface area contributed by atoms with E-state index in [1.807, 2.05) is 25.1 Å². The van der Waals surface area contributed by atoms with Crippen LogP contribution >= 0.6 is 23.1 Å². The maximum atomic E-state index is 12.4. The minimum absolute atomic E-state index is 0.215. The van der Waals surface area contributed by atoms with Gasteiger partial charge in [0.05, 0.1) is 16.6 Å². The van der Waals surface area contributed by atoms with Gasteiger partial charge in [0.15, 0.2) is 0 Å². The summed E-state index contributed by atoms with van der Waals surface area (Å²) >= 11 is 7.34. The SMILES string of the molecule is Cc1noc(C)c1C(C)C(=O)Nc1nsc(-c2ccccc2Cl)n1. The van der Waals surface area contributed by atoms with E-state index in [-0.39, 0.29) is 11.9 Å². The summed E-state index contributed by atoms with van der Waals surface area (Å²) in [4.78, 5) is 16.8. The van der Waals surface area contributed by atoms with Crippen LogP contribution in [0.4, 0.5) is 5.95 Å². The van der Waals surface area contributed by atoms with Crippen LogP contribution in [0.1, 0.15) is 29.9 Å². The summed E-state index contributed by atoms with van der Waals surface area (Å²) in [6, 6.07) is 7.37. The Morgan fingerprint density at radius 1 is 1.33 bits per heavy atom. The monoisotopic (exact) mass is 362 g/mol. The van der Waals surface area contributed by atoms with Crippen LogP contribution < -0.4 is 5.32 Å². The Labute approximate surface area is 148 Å². The predicted octanol–water partition coefficient (Wildman–Crippen LogP) is 4.21. The van der Waals surface area contributed by atoms with Gasteiger partial charge in [-0.2, -0.15) is 9.36 Å². The van der Waals surface area contributed by atoms with E-state index in [4.69, 9.17) is 16.1 Å². The molecule has 1 aromatic carbocycles. The van der Waals surface area contributed by atoms with Gasteiger partial charge in [0.2, 0.25) is 11.9 Å². The standard InChI is InChI=1S/C16H15ClN4O2S/c1-8(13-9(2)20-23-10(13)3)14(22)18-16-19-15(24-21-16)11-6-4-5-7-12(11)17/h4-8H,1-3H3,(H,18,21,22). The lowest BCUT2D eigenvalue weighted by Gasteiger charge is -2.09. The molecule has 0 fully saturated rings. The van der Waals surface area contributed by atoms with E-state index in [0.29, 0.717) is 21.5 Å². The van der Waals surface area contributed by atoms with E-state index in [9.17, 15) is 4.79 Å². The molecule has 6 nitrogen and oxygen atoms in total. The number of anilines is 1. The fourth-order valence-corrected chi connectivity index (χ4v) is 3.42. The second-order valence-corrected chi connectivity index (χ2v) is 6.51. The van der Waals surface area contributed by atoms with Gasteiger partial charge in [0, 0.05) is 11.1 Å². The highest BCUT2D eigenvalue weighted by atomic mass is 35.5. The molecule has 1 atom stereocenters. The molecule has 3 aromatic rings. The molecule has 0 radical (unpaired) electrons. The molecule has 0 bridgehead atoms. The van der Waals surface area contributed by atoms with Crippen molar-refractivity contribution in [2.45, 2.75) is 26.7 Å².